The lowest BCUT2D eigenvalue weighted by Crippen LogP contribution is -1.98. The van der Waals surface area contributed by atoms with Crippen LogP contribution in [0.5, 0.6) is 0 Å². The lowest BCUT2D eigenvalue weighted by atomic mass is 9.99. The van der Waals surface area contributed by atoms with Gasteiger partial charge in [0, 0.05) is 0 Å². The number of aliphatic hydroxyl groups is 1. The minimum absolute atomic E-state index is 0.289. The summed E-state index contributed by atoms with van der Waals surface area (Å²) in [6.07, 6.45) is 2.70. The summed E-state index contributed by atoms with van der Waals surface area (Å²) in [5, 5.41) is 9.79. The maximum atomic E-state index is 9.79. The van der Waals surface area contributed by atoms with Gasteiger partial charge in [0.1, 0.15) is 0 Å². The quantitative estimate of drug-likeness (QED) is 0.778. The zero-order valence-corrected chi connectivity index (χ0v) is 10.0. The third-order valence-corrected chi connectivity index (χ3v) is 2.57. The van der Waals surface area contributed by atoms with E-state index in [9.17, 15) is 5.11 Å². The van der Waals surface area contributed by atoms with E-state index in [1.54, 1.807) is 0 Å². The molecule has 1 rings (SSSR count). The van der Waals surface area contributed by atoms with Crippen LogP contribution in [0.15, 0.2) is 24.3 Å². The van der Waals surface area contributed by atoms with Gasteiger partial charge in [-0.15, -0.1) is 0 Å². The molecule has 1 aromatic rings. The number of hydrogen-bond donors (Lipinski definition) is 1. The van der Waals surface area contributed by atoms with Gasteiger partial charge >= 0.3 is 0 Å². The first-order valence-corrected chi connectivity index (χ1v) is 5.90. The van der Waals surface area contributed by atoms with Crippen LogP contribution >= 0.6 is 0 Å². The predicted octanol–water partition coefficient (Wildman–Crippen LogP) is 3.72. The van der Waals surface area contributed by atoms with Crippen molar-refractivity contribution < 1.29 is 5.11 Å². The van der Waals surface area contributed by atoms with E-state index in [1.165, 1.54) is 5.56 Å². The van der Waals surface area contributed by atoms with Gasteiger partial charge in [0.15, 0.2) is 0 Å². The van der Waals surface area contributed by atoms with Crippen molar-refractivity contribution in [2.45, 2.75) is 46.1 Å². The Hall–Kier alpha value is -0.820. The van der Waals surface area contributed by atoms with Crippen molar-refractivity contribution in [3.05, 3.63) is 35.4 Å². The molecule has 0 bridgehead atoms. The van der Waals surface area contributed by atoms with Crippen molar-refractivity contribution >= 4 is 0 Å². The van der Waals surface area contributed by atoms with Crippen LogP contribution in [0, 0.1) is 5.92 Å². The van der Waals surface area contributed by atoms with Crippen molar-refractivity contribution in [3.8, 4) is 0 Å². The van der Waals surface area contributed by atoms with E-state index < -0.39 is 0 Å². The standard InChI is InChI=1S/C14H22O/c1-4-5-14(15)13-8-6-12(7-9-13)10-11(2)3/h6-9,11,14-15H,4-5,10H2,1-3H3/t14-/m0/s1. The SMILES string of the molecule is CCC[C@H](O)c1ccc(CC(C)C)cc1. The van der Waals surface area contributed by atoms with Crippen LogP contribution in [-0.4, -0.2) is 5.11 Å². The van der Waals surface area contributed by atoms with Gasteiger partial charge in [0.05, 0.1) is 6.10 Å². The first-order valence-electron chi connectivity index (χ1n) is 5.90. The van der Waals surface area contributed by atoms with E-state index in [-0.39, 0.29) is 6.10 Å². The topological polar surface area (TPSA) is 20.2 Å². The van der Waals surface area contributed by atoms with Crippen molar-refractivity contribution in [1.29, 1.82) is 0 Å². The molecule has 15 heavy (non-hydrogen) atoms. The van der Waals surface area contributed by atoms with Gasteiger partial charge in [-0.1, -0.05) is 51.5 Å². The molecule has 0 radical (unpaired) electrons. The average molecular weight is 206 g/mol. The summed E-state index contributed by atoms with van der Waals surface area (Å²) < 4.78 is 0. The largest absolute Gasteiger partial charge is 0.388 e. The third-order valence-electron chi connectivity index (χ3n) is 2.57. The summed E-state index contributed by atoms with van der Waals surface area (Å²) in [6.45, 7) is 6.54. The number of benzene rings is 1. The zero-order chi connectivity index (χ0) is 11.3. The number of rotatable bonds is 5. The van der Waals surface area contributed by atoms with Crippen molar-refractivity contribution in [3.63, 3.8) is 0 Å². The van der Waals surface area contributed by atoms with Gasteiger partial charge in [-0.05, 0) is 29.9 Å². The molecule has 0 fully saturated rings. The highest BCUT2D eigenvalue weighted by Gasteiger charge is 2.05. The van der Waals surface area contributed by atoms with Gasteiger partial charge in [-0.25, -0.2) is 0 Å². The summed E-state index contributed by atoms with van der Waals surface area (Å²) in [7, 11) is 0. The Morgan fingerprint density at radius 2 is 1.73 bits per heavy atom. The van der Waals surface area contributed by atoms with E-state index in [1.807, 2.05) is 0 Å². The molecule has 0 spiro atoms. The second-order valence-electron chi connectivity index (χ2n) is 4.64. The summed E-state index contributed by atoms with van der Waals surface area (Å²) >= 11 is 0. The predicted molar refractivity (Wildman–Crippen MR) is 64.9 cm³/mol. The second-order valence-corrected chi connectivity index (χ2v) is 4.64. The zero-order valence-electron chi connectivity index (χ0n) is 10.0. The highest BCUT2D eigenvalue weighted by Crippen LogP contribution is 2.19. The molecule has 1 N–H and O–H groups in total. The Labute approximate surface area is 93.1 Å². The van der Waals surface area contributed by atoms with Gasteiger partial charge in [0.25, 0.3) is 0 Å². The van der Waals surface area contributed by atoms with Crippen molar-refractivity contribution in [2.24, 2.45) is 5.92 Å². The molecule has 84 valence electrons. The monoisotopic (exact) mass is 206 g/mol. The molecule has 0 aliphatic heterocycles. The average Bonchev–Trinajstić information content (AvgIpc) is 2.18. The van der Waals surface area contributed by atoms with E-state index in [4.69, 9.17) is 0 Å². The summed E-state index contributed by atoms with van der Waals surface area (Å²) in [5.74, 6) is 0.691. The Morgan fingerprint density at radius 1 is 1.13 bits per heavy atom. The van der Waals surface area contributed by atoms with Gasteiger partial charge in [-0.2, -0.15) is 0 Å². The fraction of sp³-hybridized carbons (Fsp3) is 0.571. The van der Waals surface area contributed by atoms with Crippen LogP contribution < -0.4 is 0 Å². The normalized spacial score (nSPS) is 13.1. The molecule has 0 saturated heterocycles. The van der Waals surface area contributed by atoms with Crippen LogP contribution in [-0.2, 0) is 6.42 Å². The molecule has 1 nitrogen and oxygen atoms in total. The van der Waals surface area contributed by atoms with E-state index >= 15 is 0 Å². The van der Waals surface area contributed by atoms with Crippen LogP contribution in [0.25, 0.3) is 0 Å². The van der Waals surface area contributed by atoms with Crippen LogP contribution in [0.4, 0.5) is 0 Å². The first-order chi connectivity index (χ1) is 7.13. The highest BCUT2D eigenvalue weighted by molar-refractivity contribution is 5.24. The summed E-state index contributed by atoms with van der Waals surface area (Å²) in [6, 6.07) is 8.37. The number of aliphatic hydroxyl groups excluding tert-OH is 1. The van der Waals surface area contributed by atoms with E-state index in [0.29, 0.717) is 5.92 Å². The van der Waals surface area contributed by atoms with Crippen LogP contribution in [0.1, 0.15) is 50.8 Å². The summed E-state index contributed by atoms with van der Waals surface area (Å²) in [5.41, 5.74) is 2.40. The smallest absolute Gasteiger partial charge is 0.0790 e. The molecule has 1 heteroatoms. The third kappa shape index (κ3) is 4.05. The lowest BCUT2D eigenvalue weighted by Gasteiger charge is -2.11. The highest BCUT2D eigenvalue weighted by atomic mass is 16.3. The minimum atomic E-state index is -0.289. The van der Waals surface area contributed by atoms with Gasteiger partial charge < -0.3 is 5.11 Å². The molecular formula is C14H22O. The summed E-state index contributed by atoms with van der Waals surface area (Å²) in [4.78, 5) is 0. The molecular weight excluding hydrogens is 184 g/mol. The van der Waals surface area contributed by atoms with Gasteiger partial charge in [0.2, 0.25) is 0 Å². The number of hydrogen-bond acceptors (Lipinski definition) is 1. The molecule has 0 amide bonds. The molecule has 1 atom stereocenters. The van der Waals surface area contributed by atoms with Crippen LogP contribution in [0.2, 0.25) is 0 Å². The molecule has 0 unspecified atom stereocenters. The molecule has 0 saturated carbocycles. The van der Waals surface area contributed by atoms with Gasteiger partial charge in [-0.3, -0.25) is 0 Å². The maximum Gasteiger partial charge on any atom is 0.0790 e. The fourth-order valence-corrected chi connectivity index (χ4v) is 1.79. The second kappa shape index (κ2) is 5.92. The van der Waals surface area contributed by atoms with Crippen LogP contribution in [0.3, 0.4) is 0 Å². The Kier molecular flexibility index (Phi) is 4.83. The Balaban J connectivity index is 2.63. The molecule has 0 aliphatic rings. The molecule has 1 aromatic carbocycles. The lowest BCUT2D eigenvalue weighted by molar-refractivity contribution is 0.166. The Morgan fingerprint density at radius 3 is 2.20 bits per heavy atom. The molecule has 0 heterocycles. The van der Waals surface area contributed by atoms with Crippen molar-refractivity contribution in [1.82, 2.24) is 0 Å². The van der Waals surface area contributed by atoms with E-state index in [2.05, 4.69) is 45.0 Å². The minimum Gasteiger partial charge on any atom is -0.388 e. The first kappa shape index (κ1) is 12.3. The molecule has 0 aromatic heterocycles. The Bertz CT molecular complexity index is 274. The maximum absolute atomic E-state index is 9.79. The molecule has 0 aliphatic carbocycles. The van der Waals surface area contributed by atoms with E-state index in [0.717, 1.165) is 24.8 Å². The fourth-order valence-electron chi connectivity index (χ4n) is 1.79. The van der Waals surface area contributed by atoms with Crippen molar-refractivity contribution in [2.75, 3.05) is 0 Å².